The molecule has 1 saturated heterocycles. The Balaban J connectivity index is 1.95. The van der Waals surface area contributed by atoms with Crippen LogP contribution in [0.2, 0.25) is 5.02 Å². The fourth-order valence-electron chi connectivity index (χ4n) is 4.45. The van der Waals surface area contributed by atoms with Gasteiger partial charge in [0, 0.05) is 36.8 Å². The molecule has 2 aromatic heterocycles. The largest absolute Gasteiger partial charge is 0.460 e. The fourth-order valence-corrected chi connectivity index (χ4v) is 4.71. The highest BCUT2D eigenvalue weighted by atomic mass is 35.5. The number of anilines is 1. The topological polar surface area (TPSA) is 96.0 Å². The number of fused-ring (bicyclic) bond motifs is 1. The minimum absolute atomic E-state index is 0.00979. The smallest absolute Gasteiger partial charge is 0.414 e. The number of benzene rings is 1. The minimum Gasteiger partial charge on any atom is -0.460 e. The number of halogens is 1. The van der Waals surface area contributed by atoms with Crippen LogP contribution in [-0.4, -0.2) is 53.8 Å². The van der Waals surface area contributed by atoms with Crippen molar-refractivity contribution in [3.63, 3.8) is 0 Å². The number of amides is 1. The molecule has 0 bridgehead atoms. The quantitative estimate of drug-likeness (QED) is 0.388. The van der Waals surface area contributed by atoms with E-state index in [4.69, 9.17) is 30.2 Å². The maximum absolute atomic E-state index is 13.4. The van der Waals surface area contributed by atoms with Crippen molar-refractivity contribution in [3.8, 4) is 11.1 Å². The van der Waals surface area contributed by atoms with E-state index < -0.39 is 12.1 Å². The molecule has 0 radical (unpaired) electrons. The summed E-state index contributed by atoms with van der Waals surface area (Å²) in [6.45, 7) is 6.32. The zero-order valence-corrected chi connectivity index (χ0v) is 21.1. The molecule has 2 atom stereocenters. The first-order valence-corrected chi connectivity index (χ1v) is 12.2. The van der Waals surface area contributed by atoms with Gasteiger partial charge >= 0.3 is 12.1 Å². The Bertz CT molecular complexity index is 1220. The number of aryl methyl sites for hydroxylation is 1. The van der Waals surface area contributed by atoms with Crippen molar-refractivity contribution in [2.75, 3.05) is 24.7 Å². The predicted octanol–water partition coefficient (Wildman–Crippen LogP) is 5.58. The highest BCUT2D eigenvalue weighted by Gasteiger charge is 2.38. The summed E-state index contributed by atoms with van der Waals surface area (Å²) in [5, 5.41) is 5.07. The Hall–Kier alpha value is -3.04. The highest BCUT2D eigenvalue weighted by molar-refractivity contribution is 6.36. The van der Waals surface area contributed by atoms with E-state index in [1.165, 1.54) is 4.90 Å². The van der Waals surface area contributed by atoms with Crippen LogP contribution < -0.4 is 4.90 Å². The van der Waals surface area contributed by atoms with E-state index >= 15 is 0 Å². The third-order valence-corrected chi connectivity index (χ3v) is 6.36. The van der Waals surface area contributed by atoms with Gasteiger partial charge in [-0.3, -0.25) is 9.58 Å². The highest BCUT2D eigenvalue weighted by Crippen LogP contribution is 2.43. The Labute approximate surface area is 208 Å². The molecule has 3 heterocycles. The van der Waals surface area contributed by atoms with Gasteiger partial charge in [-0.1, -0.05) is 18.5 Å². The number of carbonyl (C=O) groups is 2. The predicted molar refractivity (Wildman–Crippen MR) is 132 cm³/mol. The molecule has 10 heteroatoms. The van der Waals surface area contributed by atoms with Gasteiger partial charge in [-0.15, -0.1) is 0 Å². The van der Waals surface area contributed by atoms with Crippen LogP contribution in [0.25, 0.3) is 22.1 Å². The number of nitrogens with zero attached hydrogens (tertiary/aromatic N) is 3. The number of esters is 1. The number of rotatable bonds is 7. The molecule has 1 amide bonds. The Kier molecular flexibility index (Phi) is 7.66. The number of furan rings is 1. The van der Waals surface area contributed by atoms with Crippen LogP contribution in [-0.2, 0) is 21.3 Å². The maximum atomic E-state index is 13.4. The summed E-state index contributed by atoms with van der Waals surface area (Å²) < 4.78 is 24.2. The third-order valence-electron chi connectivity index (χ3n) is 6.08. The molecule has 0 spiro atoms. The van der Waals surface area contributed by atoms with E-state index in [1.54, 1.807) is 30.8 Å². The molecule has 1 aliphatic rings. The molecule has 3 aromatic rings. The Morgan fingerprint density at radius 2 is 1.97 bits per heavy atom. The first-order valence-electron chi connectivity index (χ1n) is 11.9. The molecule has 0 N–H and O–H groups in total. The molecule has 0 aliphatic carbocycles. The lowest BCUT2D eigenvalue weighted by molar-refractivity contribution is 0.00465. The van der Waals surface area contributed by atoms with Crippen LogP contribution in [0.15, 0.2) is 28.9 Å². The standard InChI is InChI=1S/C25H30ClN3O6/c1-5-18-12-17(8-9-34-18)29(25(31)33-7-3)21-19-10-15(16-13-27-28(4)14-16)11-20(26)22(19)35-23(21)24(30)32-6-2/h10-11,13-14,17-18H,5-9,12H2,1-4H3. The van der Waals surface area contributed by atoms with E-state index in [9.17, 15) is 9.59 Å². The van der Waals surface area contributed by atoms with Gasteiger partial charge in [0.25, 0.3) is 0 Å². The Morgan fingerprint density at radius 1 is 1.20 bits per heavy atom. The van der Waals surface area contributed by atoms with E-state index in [2.05, 4.69) is 5.10 Å². The van der Waals surface area contributed by atoms with Crippen molar-refractivity contribution < 1.29 is 28.2 Å². The van der Waals surface area contributed by atoms with Gasteiger partial charge in [-0.05, 0) is 50.8 Å². The third kappa shape index (κ3) is 5.01. The van der Waals surface area contributed by atoms with Gasteiger partial charge in [-0.25, -0.2) is 9.59 Å². The van der Waals surface area contributed by atoms with Crippen LogP contribution >= 0.6 is 11.6 Å². The van der Waals surface area contributed by atoms with Crippen molar-refractivity contribution in [2.45, 2.75) is 52.2 Å². The molecule has 1 aliphatic heterocycles. The van der Waals surface area contributed by atoms with Gasteiger partial charge in [0.1, 0.15) is 5.69 Å². The van der Waals surface area contributed by atoms with E-state index in [0.29, 0.717) is 41.1 Å². The molecule has 35 heavy (non-hydrogen) atoms. The summed E-state index contributed by atoms with van der Waals surface area (Å²) in [4.78, 5) is 27.9. The van der Waals surface area contributed by atoms with Crippen molar-refractivity contribution in [1.29, 1.82) is 0 Å². The summed E-state index contributed by atoms with van der Waals surface area (Å²) in [6.07, 6.45) is 4.99. The summed E-state index contributed by atoms with van der Waals surface area (Å²) >= 11 is 6.64. The zero-order valence-electron chi connectivity index (χ0n) is 20.4. The van der Waals surface area contributed by atoms with E-state index in [0.717, 1.165) is 17.5 Å². The molecular weight excluding hydrogens is 474 g/mol. The van der Waals surface area contributed by atoms with Crippen molar-refractivity contribution in [3.05, 3.63) is 35.3 Å². The zero-order chi connectivity index (χ0) is 25.1. The fraction of sp³-hybridized carbons (Fsp3) is 0.480. The lowest BCUT2D eigenvalue weighted by atomic mass is 9.98. The van der Waals surface area contributed by atoms with Crippen molar-refractivity contribution in [2.24, 2.45) is 7.05 Å². The Morgan fingerprint density at radius 3 is 2.63 bits per heavy atom. The monoisotopic (exact) mass is 503 g/mol. The number of hydrogen-bond donors (Lipinski definition) is 0. The molecule has 4 rings (SSSR count). The lowest BCUT2D eigenvalue weighted by Crippen LogP contribution is -2.46. The number of carbonyl (C=O) groups excluding carboxylic acids is 2. The normalized spacial score (nSPS) is 18.0. The summed E-state index contributed by atoms with van der Waals surface area (Å²) in [5.74, 6) is -0.759. The molecule has 188 valence electrons. The second-order valence-corrected chi connectivity index (χ2v) is 8.79. The molecule has 2 unspecified atom stereocenters. The number of hydrogen-bond acceptors (Lipinski definition) is 7. The average molecular weight is 504 g/mol. The molecular formula is C25H30ClN3O6. The van der Waals surface area contributed by atoms with Crippen LogP contribution in [0.5, 0.6) is 0 Å². The second kappa shape index (κ2) is 10.7. The minimum atomic E-state index is -0.675. The lowest BCUT2D eigenvalue weighted by Gasteiger charge is -2.36. The van der Waals surface area contributed by atoms with Gasteiger partial charge < -0.3 is 18.6 Å². The first-order chi connectivity index (χ1) is 16.9. The van der Waals surface area contributed by atoms with Crippen LogP contribution in [0.4, 0.5) is 10.5 Å². The molecule has 0 saturated carbocycles. The van der Waals surface area contributed by atoms with Crippen LogP contribution in [0, 0.1) is 0 Å². The van der Waals surface area contributed by atoms with Crippen molar-refractivity contribution >= 4 is 40.3 Å². The van der Waals surface area contributed by atoms with Gasteiger partial charge in [0.05, 0.1) is 30.5 Å². The molecule has 1 aromatic carbocycles. The van der Waals surface area contributed by atoms with E-state index in [-0.39, 0.29) is 31.1 Å². The van der Waals surface area contributed by atoms with Gasteiger partial charge in [-0.2, -0.15) is 5.10 Å². The van der Waals surface area contributed by atoms with E-state index in [1.807, 2.05) is 26.2 Å². The van der Waals surface area contributed by atoms with Crippen molar-refractivity contribution in [1.82, 2.24) is 9.78 Å². The average Bonchev–Trinajstić information content (AvgIpc) is 3.44. The summed E-state index contributed by atoms with van der Waals surface area (Å²) in [5.41, 5.74) is 2.20. The first kappa shape index (κ1) is 25.1. The summed E-state index contributed by atoms with van der Waals surface area (Å²) in [7, 11) is 1.82. The molecule has 9 nitrogen and oxygen atoms in total. The van der Waals surface area contributed by atoms with Gasteiger partial charge in [0.15, 0.2) is 5.58 Å². The van der Waals surface area contributed by atoms with Gasteiger partial charge in [0.2, 0.25) is 5.76 Å². The molecule has 1 fully saturated rings. The van der Waals surface area contributed by atoms with Crippen LogP contribution in [0.1, 0.15) is 50.6 Å². The summed E-state index contributed by atoms with van der Waals surface area (Å²) in [6, 6.07) is 3.34. The van der Waals surface area contributed by atoms with Crippen LogP contribution in [0.3, 0.4) is 0 Å². The maximum Gasteiger partial charge on any atom is 0.414 e. The second-order valence-electron chi connectivity index (χ2n) is 8.39. The number of aromatic nitrogens is 2. The SMILES string of the molecule is CCOC(=O)c1oc2c(Cl)cc(-c3cnn(C)c3)cc2c1N(C(=O)OCC)C1CCOC(CC)C1. The number of ether oxygens (including phenoxy) is 3.